The maximum atomic E-state index is 6.57. The standard InChI is InChI=1S/C26H38OSi/c1-10-11-12-13-14-15-16-17-18-22-21-23(25(2,3)4)19-20-24(22)27-28(8,9)26(5,6)7/h15-16,19-21H,10-12H2,1-9H3/b16-15-. The molecule has 0 aliphatic rings. The van der Waals surface area contributed by atoms with Crippen molar-refractivity contribution in [2.24, 2.45) is 0 Å². The van der Waals surface area contributed by atoms with Crippen molar-refractivity contribution in [3.8, 4) is 29.4 Å². The van der Waals surface area contributed by atoms with Crippen LogP contribution < -0.4 is 4.43 Å². The van der Waals surface area contributed by atoms with Gasteiger partial charge in [-0.25, -0.2) is 0 Å². The summed E-state index contributed by atoms with van der Waals surface area (Å²) in [7, 11) is -1.92. The van der Waals surface area contributed by atoms with E-state index < -0.39 is 8.32 Å². The van der Waals surface area contributed by atoms with Gasteiger partial charge in [-0.05, 0) is 59.8 Å². The molecule has 1 rings (SSSR count). The predicted molar refractivity (Wildman–Crippen MR) is 126 cm³/mol. The van der Waals surface area contributed by atoms with E-state index in [2.05, 4.69) is 103 Å². The second-order valence-electron chi connectivity index (χ2n) is 9.85. The summed E-state index contributed by atoms with van der Waals surface area (Å²) in [5.41, 5.74) is 2.30. The van der Waals surface area contributed by atoms with Crippen LogP contribution in [0.4, 0.5) is 0 Å². The third-order valence-corrected chi connectivity index (χ3v) is 9.57. The highest BCUT2D eigenvalue weighted by Gasteiger charge is 2.39. The van der Waals surface area contributed by atoms with Gasteiger partial charge in [0.25, 0.3) is 8.32 Å². The monoisotopic (exact) mass is 394 g/mol. The summed E-state index contributed by atoms with van der Waals surface area (Å²) in [6.07, 6.45) is 6.95. The molecule has 0 heterocycles. The predicted octanol–water partition coefficient (Wildman–Crippen LogP) is 7.47. The highest BCUT2D eigenvalue weighted by atomic mass is 28.4. The van der Waals surface area contributed by atoms with E-state index in [1.807, 2.05) is 12.2 Å². The van der Waals surface area contributed by atoms with E-state index >= 15 is 0 Å². The lowest BCUT2D eigenvalue weighted by atomic mass is 9.86. The van der Waals surface area contributed by atoms with E-state index in [1.54, 1.807) is 0 Å². The summed E-state index contributed by atoms with van der Waals surface area (Å²) in [5, 5.41) is 0.147. The molecule has 0 aliphatic heterocycles. The minimum absolute atomic E-state index is 0.0759. The molecule has 28 heavy (non-hydrogen) atoms. The first-order valence-electron chi connectivity index (χ1n) is 10.4. The van der Waals surface area contributed by atoms with Crippen molar-refractivity contribution in [3.63, 3.8) is 0 Å². The van der Waals surface area contributed by atoms with Crippen molar-refractivity contribution in [1.29, 1.82) is 0 Å². The van der Waals surface area contributed by atoms with Crippen LogP contribution in [-0.2, 0) is 5.41 Å². The van der Waals surface area contributed by atoms with Crippen molar-refractivity contribution in [2.45, 2.75) is 91.3 Å². The zero-order valence-corrected chi connectivity index (χ0v) is 20.4. The zero-order valence-electron chi connectivity index (χ0n) is 19.4. The third-order valence-electron chi connectivity index (χ3n) is 5.23. The summed E-state index contributed by atoms with van der Waals surface area (Å²) >= 11 is 0. The van der Waals surface area contributed by atoms with Gasteiger partial charge in [0, 0.05) is 6.42 Å². The van der Waals surface area contributed by atoms with E-state index in [4.69, 9.17) is 4.43 Å². The summed E-state index contributed by atoms with van der Waals surface area (Å²) in [5.74, 6) is 13.5. The van der Waals surface area contributed by atoms with Crippen LogP contribution in [0, 0.1) is 23.7 Å². The molecule has 1 aromatic carbocycles. The summed E-state index contributed by atoms with van der Waals surface area (Å²) in [6, 6.07) is 6.44. The van der Waals surface area contributed by atoms with E-state index in [0.29, 0.717) is 0 Å². The van der Waals surface area contributed by atoms with Crippen LogP contribution in [0.15, 0.2) is 30.4 Å². The van der Waals surface area contributed by atoms with Crippen molar-refractivity contribution < 1.29 is 4.43 Å². The van der Waals surface area contributed by atoms with Crippen molar-refractivity contribution >= 4 is 8.32 Å². The van der Waals surface area contributed by atoms with Crippen LogP contribution in [0.1, 0.15) is 78.9 Å². The maximum Gasteiger partial charge on any atom is 0.250 e. The van der Waals surface area contributed by atoms with Gasteiger partial charge in [-0.3, -0.25) is 0 Å². The molecule has 0 aliphatic carbocycles. The van der Waals surface area contributed by atoms with Gasteiger partial charge >= 0.3 is 0 Å². The zero-order chi connectivity index (χ0) is 21.4. The number of unbranched alkanes of at least 4 members (excludes halogenated alkanes) is 2. The molecular formula is C26H38OSi. The second-order valence-corrected chi connectivity index (χ2v) is 14.6. The highest BCUT2D eigenvalue weighted by molar-refractivity contribution is 6.74. The van der Waals surface area contributed by atoms with E-state index in [9.17, 15) is 0 Å². The molecule has 0 fully saturated rings. The van der Waals surface area contributed by atoms with Gasteiger partial charge in [0.15, 0.2) is 0 Å². The molecule has 0 spiro atoms. The van der Waals surface area contributed by atoms with Crippen LogP contribution >= 0.6 is 0 Å². The fourth-order valence-electron chi connectivity index (χ4n) is 2.21. The number of hydrogen-bond acceptors (Lipinski definition) is 1. The molecule has 0 aromatic heterocycles. The van der Waals surface area contributed by atoms with E-state index in [-0.39, 0.29) is 10.5 Å². The molecule has 2 heteroatoms. The minimum Gasteiger partial charge on any atom is -0.543 e. The topological polar surface area (TPSA) is 9.23 Å². The van der Waals surface area contributed by atoms with Crippen molar-refractivity contribution in [3.05, 3.63) is 41.5 Å². The van der Waals surface area contributed by atoms with Crippen LogP contribution in [-0.4, -0.2) is 8.32 Å². The highest BCUT2D eigenvalue weighted by Crippen LogP contribution is 2.38. The molecule has 0 atom stereocenters. The van der Waals surface area contributed by atoms with Gasteiger partial charge in [-0.1, -0.05) is 84.6 Å². The Balaban J connectivity index is 3.17. The molecule has 0 saturated carbocycles. The number of allylic oxidation sites excluding steroid dienone is 2. The lowest BCUT2D eigenvalue weighted by Gasteiger charge is -2.37. The first kappa shape index (κ1) is 24.1. The molecular weight excluding hydrogens is 356 g/mol. The van der Waals surface area contributed by atoms with Crippen LogP contribution in [0.3, 0.4) is 0 Å². The van der Waals surface area contributed by atoms with Crippen LogP contribution in [0.25, 0.3) is 0 Å². The molecule has 0 N–H and O–H groups in total. The Morgan fingerprint density at radius 1 is 1.00 bits per heavy atom. The summed E-state index contributed by atoms with van der Waals surface area (Å²) in [4.78, 5) is 0. The molecule has 0 radical (unpaired) electrons. The molecule has 1 nitrogen and oxygen atoms in total. The molecule has 0 amide bonds. The molecule has 0 bridgehead atoms. The first-order valence-corrected chi connectivity index (χ1v) is 13.3. The quantitative estimate of drug-likeness (QED) is 0.292. The van der Waals surface area contributed by atoms with E-state index in [0.717, 1.165) is 24.2 Å². The summed E-state index contributed by atoms with van der Waals surface area (Å²) < 4.78 is 6.57. The van der Waals surface area contributed by atoms with E-state index in [1.165, 1.54) is 12.0 Å². The van der Waals surface area contributed by atoms with Crippen LogP contribution in [0.5, 0.6) is 5.75 Å². The van der Waals surface area contributed by atoms with Gasteiger partial charge in [-0.15, -0.1) is 0 Å². The molecule has 0 saturated heterocycles. The van der Waals surface area contributed by atoms with Gasteiger partial charge in [0.1, 0.15) is 5.75 Å². The average Bonchev–Trinajstić information content (AvgIpc) is 2.56. The minimum atomic E-state index is -1.92. The smallest absolute Gasteiger partial charge is 0.250 e. The fraction of sp³-hybridized carbons (Fsp3) is 0.538. The second kappa shape index (κ2) is 10.0. The number of hydrogen-bond donors (Lipinski definition) is 0. The maximum absolute atomic E-state index is 6.57. The largest absolute Gasteiger partial charge is 0.543 e. The average molecular weight is 395 g/mol. The fourth-order valence-corrected chi connectivity index (χ4v) is 3.24. The summed E-state index contributed by atoms with van der Waals surface area (Å²) in [6.45, 7) is 20.2. The molecule has 152 valence electrons. The van der Waals surface area contributed by atoms with Gasteiger partial charge in [-0.2, -0.15) is 0 Å². The van der Waals surface area contributed by atoms with Gasteiger partial charge in [0.05, 0.1) is 5.56 Å². The van der Waals surface area contributed by atoms with Crippen LogP contribution in [0.2, 0.25) is 18.1 Å². The SMILES string of the molecule is CCCCC#C/C=C\C#Cc1cc(C(C)(C)C)ccc1O[Si](C)(C)C(C)(C)C. The Labute approximate surface area is 175 Å². The molecule has 0 unspecified atom stereocenters. The lowest BCUT2D eigenvalue weighted by Crippen LogP contribution is -2.44. The van der Waals surface area contributed by atoms with Gasteiger partial charge < -0.3 is 4.43 Å². The Morgan fingerprint density at radius 2 is 1.64 bits per heavy atom. The Morgan fingerprint density at radius 3 is 2.21 bits per heavy atom. The Hall–Kier alpha value is -1.90. The van der Waals surface area contributed by atoms with Crippen molar-refractivity contribution in [2.75, 3.05) is 0 Å². The Kier molecular flexibility index (Phi) is 8.65. The lowest BCUT2D eigenvalue weighted by molar-refractivity contribution is 0.490. The normalized spacial score (nSPS) is 12.2. The number of rotatable bonds is 4. The Bertz CT molecular complexity index is 793. The third kappa shape index (κ3) is 7.61. The molecule has 1 aromatic rings. The number of benzene rings is 1. The first-order chi connectivity index (χ1) is 12.9. The van der Waals surface area contributed by atoms with Crippen molar-refractivity contribution in [1.82, 2.24) is 0 Å². The van der Waals surface area contributed by atoms with Gasteiger partial charge in [0.2, 0.25) is 0 Å².